The maximum Gasteiger partial charge on any atom is 0.185 e. The zero-order valence-electron chi connectivity index (χ0n) is 11.2. The van der Waals surface area contributed by atoms with Crippen LogP contribution in [0, 0.1) is 6.92 Å². The molecule has 0 fully saturated rings. The number of aromatic amines is 1. The van der Waals surface area contributed by atoms with Gasteiger partial charge in [-0.2, -0.15) is 0 Å². The van der Waals surface area contributed by atoms with Gasteiger partial charge >= 0.3 is 0 Å². The fourth-order valence-electron chi connectivity index (χ4n) is 2.19. The molecule has 1 heterocycles. The Morgan fingerprint density at radius 1 is 1.11 bits per heavy atom. The van der Waals surface area contributed by atoms with Gasteiger partial charge in [-0.05, 0) is 6.92 Å². The van der Waals surface area contributed by atoms with Crippen LogP contribution in [0.1, 0.15) is 16.8 Å². The topological polar surface area (TPSA) is 18.6 Å². The second kappa shape index (κ2) is 6.31. The largest absolute Gasteiger partial charge is 0.333 e. The molecule has 94 valence electrons. The summed E-state index contributed by atoms with van der Waals surface area (Å²) in [6.45, 7) is 4.39. The zero-order chi connectivity index (χ0) is 12.8. The summed E-state index contributed by atoms with van der Waals surface area (Å²) in [5.41, 5.74) is 4.07. The molecule has 18 heavy (non-hydrogen) atoms. The van der Waals surface area contributed by atoms with E-state index in [4.69, 9.17) is 0 Å². The Morgan fingerprint density at radius 2 is 2.00 bits per heavy atom. The molecule has 0 aliphatic rings. The van der Waals surface area contributed by atoms with Crippen molar-refractivity contribution in [3.8, 4) is 0 Å². The van der Waals surface area contributed by atoms with Crippen molar-refractivity contribution in [2.75, 3.05) is 13.6 Å². The van der Waals surface area contributed by atoms with Crippen molar-refractivity contribution in [2.24, 2.45) is 0 Å². The number of benzene rings is 1. The van der Waals surface area contributed by atoms with Crippen molar-refractivity contribution < 1.29 is 9.88 Å². The molecule has 2 rings (SSSR count). The molecular weight excluding hydrogens is 220 g/mol. The van der Waals surface area contributed by atoms with E-state index in [1.807, 2.05) is 12.3 Å². The molecular formula is C16H22N2+2. The number of likely N-dealkylation sites (N-methyl/N-ethyl adjacent to an activating group) is 1. The Kier molecular flexibility index (Phi) is 4.48. The Hall–Kier alpha value is -1.67. The molecule has 2 N–H and O–H groups in total. The van der Waals surface area contributed by atoms with Crippen LogP contribution in [0.2, 0.25) is 0 Å². The third kappa shape index (κ3) is 3.97. The molecule has 0 spiro atoms. The summed E-state index contributed by atoms with van der Waals surface area (Å²) >= 11 is 0. The fraction of sp³-hybridized carbons (Fsp3) is 0.312. The van der Waals surface area contributed by atoms with Crippen LogP contribution in [-0.2, 0) is 13.0 Å². The Labute approximate surface area is 109 Å². The third-order valence-electron chi connectivity index (χ3n) is 3.18. The number of hydrogen-bond acceptors (Lipinski definition) is 0. The highest BCUT2D eigenvalue weighted by Gasteiger charge is 2.07. The highest BCUT2D eigenvalue weighted by Crippen LogP contribution is 2.01. The van der Waals surface area contributed by atoms with E-state index in [2.05, 4.69) is 55.4 Å². The van der Waals surface area contributed by atoms with E-state index in [0.717, 1.165) is 19.5 Å². The minimum absolute atomic E-state index is 1.09. The highest BCUT2D eigenvalue weighted by atomic mass is 15.1. The first-order valence-corrected chi connectivity index (χ1v) is 6.56. The first kappa shape index (κ1) is 12.8. The molecule has 2 heteroatoms. The molecule has 2 aromatic rings. The van der Waals surface area contributed by atoms with Crippen LogP contribution in [-0.4, -0.2) is 13.6 Å². The van der Waals surface area contributed by atoms with Gasteiger partial charge in [-0.1, -0.05) is 35.9 Å². The van der Waals surface area contributed by atoms with Crippen molar-refractivity contribution >= 4 is 0 Å². The van der Waals surface area contributed by atoms with Gasteiger partial charge in [0.15, 0.2) is 11.9 Å². The van der Waals surface area contributed by atoms with E-state index in [1.165, 1.54) is 21.7 Å². The molecule has 1 atom stereocenters. The lowest BCUT2D eigenvalue weighted by Crippen LogP contribution is -3.07. The van der Waals surface area contributed by atoms with E-state index < -0.39 is 0 Å². The van der Waals surface area contributed by atoms with Gasteiger partial charge in [0.25, 0.3) is 0 Å². The maximum atomic E-state index is 3.28. The lowest BCUT2D eigenvalue weighted by atomic mass is 10.1. The zero-order valence-corrected chi connectivity index (χ0v) is 11.2. The van der Waals surface area contributed by atoms with Crippen LogP contribution in [0.15, 0.2) is 48.7 Å². The molecule has 1 aromatic carbocycles. The van der Waals surface area contributed by atoms with E-state index in [1.54, 1.807) is 0 Å². The van der Waals surface area contributed by atoms with E-state index in [0.29, 0.717) is 0 Å². The van der Waals surface area contributed by atoms with E-state index in [-0.39, 0.29) is 0 Å². The van der Waals surface area contributed by atoms with Gasteiger partial charge in [-0.15, -0.1) is 0 Å². The van der Waals surface area contributed by atoms with Gasteiger partial charge in [0.2, 0.25) is 0 Å². The van der Waals surface area contributed by atoms with Crippen LogP contribution in [0.3, 0.4) is 0 Å². The first-order valence-electron chi connectivity index (χ1n) is 6.56. The van der Waals surface area contributed by atoms with Gasteiger partial charge in [-0.25, -0.2) is 4.98 Å². The molecule has 0 aliphatic heterocycles. The summed E-state index contributed by atoms with van der Waals surface area (Å²) in [7, 11) is 2.26. The van der Waals surface area contributed by atoms with Gasteiger partial charge in [-0.3, -0.25) is 0 Å². The SMILES string of the molecule is Cc1cccc(C[NH+](C)CCc2cccc[nH+]2)c1. The number of aryl methyl sites for hydroxylation is 1. The van der Waals surface area contributed by atoms with Gasteiger partial charge < -0.3 is 4.90 Å². The number of pyridine rings is 1. The average Bonchev–Trinajstić information content (AvgIpc) is 2.38. The van der Waals surface area contributed by atoms with Crippen molar-refractivity contribution in [1.82, 2.24) is 0 Å². The number of aromatic nitrogens is 1. The second-order valence-electron chi connectivity index (χ2n) is 5.01. The lowest BCUT2D eigenvalue weighted by Gasteiger charge is -2.13. The summed E-state index contributed by atoms with van der Waals surface area (Å²) in [4.78, 5) is 4.82. The minimum Gasteiger partial charge on any atom is -0.333 e. The monoisotopic (exact) mass is 242 g/mol. The highest BCUT2D eigenvalue weighted by molar-refractivity contribution is 5.21. The van der Waals surface area contributed by atoms with Crippen LogP contribution < -0.4 is 9.88 Å². The maximum absolute atomic E-state index is 3.28. The molecule has 0 radical (unpaired) electrons. The quantitative estimate of drug-likeness (QED) is 0.808. The average molecular weight is 242 g/mol. The van der Waals surface area contributed by atoms with Crippen molar-refractivity contribution in [3.05, 3.63) is 65.5 Å². The molecule has 1 unspecified atom stereocenters. The van der Waals surface area contributed by atoms with Crippen LogP contribution in [0.25, 0.3) is 0 Å². The second-order valence-corrected chi connectivity index (χ2v) is 5.01. The van der Waals surface area contributed by atoms with Crippen LogP contribution in [0.5, 0.6) is 0 Å². The number of rotatable bonds is 5. The minimum atomic E-state index is 1.09. The fourth-order valence-corrected chi connectivity index (χ4v) is 2.19. The standard InChI is InChI=1S/C16H20N2/c1-14-6-5-7-15(12-14)13-18(2)11-9-16-8-3-4-10-17-16/h3-8,10,12H,9,11,13H2,1-2H3/p+2. The van der Waals surface area contributed by atoms with Gasteiger partial charge in [0, 0.05) is 17.7 Å². The Morgan fingerprint density at radius 3 is 2.72 bits per heavy atom. The molecule has 0 amide bonds. The van der Waals surface area contributed by atoms with Crippen LogP contribution in [0.4, 0.5) is 0 Å². The number of nitrogens with one attached hydrogen (secondary N) is 2. The Bertz CT molecular complexity index is 479. The molecule has 0 saturated heterocycles. The van der Waals surface area contributed by atoms with Crippen LogP contribution >= 0.6 is 0 Å². The summed E-state index contributed by atoms with van der Waals surface area (Å²) in [6.07, 6.45) is 3.09. The molecule has 0 saturated carbocycles. The van der Waals surface area contributed by atoms with E-state index >= 15 is 0 Å². The predicted octanol–water partition coefficient (Wildman–Crippen LogP) is 1.07. The van der Waals surface area contributed by atoms with Crippen molar-refractivity contribution in [2.45, 2.75) is 19.9 Å². The van der Waals surface area contributed by atoms with Gasteiger partial charge in [0.05, 0.1) is 20.0 Å². The van der Waals surface area contributed by atoms with Crippen molar-refractivity contribution in [1.29, 1.82) is 0 Å². The normalized spacial score (nSPS) is 12.3. The summed E-state index contributed by atoms with van der Waals surface area (Å²) in [5.74, 6) is 0. The third-order valence-corrected chi connectivity index (χ3v) is 3.18. The number of quaternary nitrogens is 1. The first-order chi connectivity index (χ1) is 8.74. The smallest absolute Gasteiger partial charge is 0.185 e. The van der Waals surface area contributed by atoms with Gasteiger partial charge in [0.1, 0.15) is 6.54 Å². The Balaban J connectivity index is 1.84. The predicted molar refractivity (Wildman–Crippen MR) is 73.3 cm³/mol. The lowest BCUT2D eigenvalue weighted by molar-refractivity contribution is -0.893. The summed E-state index contributed by atoms with van der Waals surface area (Å²) < 4.78 is 0. The number of hydrogen-bond donors (Lipinski definition) is 1. The summed E-state index contributed by atoms with van der Waals surface area (Å²) in [6, 6.07) is 15.0. The molecule has 1 aromatic heterocycles. The van der Waals surface area contributed by atoms with Crippen molar-refractivity contribution in [3.63, 3.8) is 0 Å². The molecule has 2 nitrogen and oxygen atoms in total. The molecule has 0 bridgehead atoms. The van der Waals surface area contributed by atoms with E-state index in [9.17, 15) is 0 Å². The number of H-pyrrole nitrogens is 1. The molecule has 0 aliphatic carbocycles. The summed E-state index contributed by atoms with van der Waals surface area (Å²) in [5, 5.41) is 0.